The molecular formula is C25H32N3O4+. The van der Waals surface area contributed by atoms with Gasteiger partial charge in [-0.1, -0.05) is 60.7 Å². The van der Waals surface area contributed by atoms with Gasteiger partial charge in [-0.25, -0.2) is 14.3 Å². The maximum absolute atomic E-state index is 12.7. The maximum atomic E-state index is 12.7. The van der Waals surface area contributed by atoms with E-state index in [1.165, 1.54) is 0 Å². The van der Waals surface area contributed by atoms with Gasteiger partial charge in [0.05, 0.1) is 12.8 Å². The summed E-state index contributed by atoms with van der Waals surface area (Å²) in [7, 11) is 0. The van der Waals surface area contributed by atoms with Crippen LogP contribution in [0.15, 0.2) is 78.1 Å². The van der Waals surface area contributed by atoms with Gasteiger partial charge in [0.2, 0.25) is 5.84 Å². The lowest BCUT2D eigenvalue weighted by Crippen LogP contribution is -2.64. The third-order valence-corrected chi connectivity index (χ3v) is 5.11. The minimum Gasteiger partial charge on any atom is -0.444 e. The average Bonchev–Trinajstić information content (AvgIpc) is 3.17. The molecule has 0 saturated heterocycles. The third kappa shape index (κ3) is 6.26. The van der Waals surface area contributed by atoms with E-state index in [0.29, 0.717) is 18.9 Å². The van der Waals surface area contributed by atoms with E-state index in [2.05, 4.69) is 10.3 Å². The van der Waals surface area contributed by atoms with Crippen LogP contribution in [0, 0.1) is 0 Å². The Bertz CT molecular complexity index is 939. The number of carbonyl (C=O) groups is 1. The molecule has 0 bridgehead atoms. The van der Waals surface area contributed by atoms with Crippen molar-refractivity contribution in [2.75, 3.05) is 13.3 Å². The number of benzene rings is 2. The highest BCUT2D eigenvalue weighted by Crippen LogP contribution is 2.25. The Morgan fingerprint density at radius 2 is 1.69 bits per heavy atom. The summed E-state index contributed by atoms with van der Waals surface area (Å²) in [6, 6.07) is 19.7. The second-order valence-electron chi connectivity index (χ2n) is 8.75. The molecule has 2 aromatic rings. The summed E-state index contributed by atoms with van der Waals surface area (Å²) in [4.78, 5) is 17.1. The van der Waals surface area contributed by atoms with Gasteiger partial charge in [-0.15, -0.1) is 0 Å². The molecule has 0 aromatic heterocycles. The number of amides is 1. The predicted octanol–water partition coefficient (Wildman–Crippen LogP) is 3.95. The molecule has 32 heavy (non-hydrogen) atoms. The Kier molecular flexibility index (Phi) is 7.80. The second-order valence-corrected chi connectivity index (χ2v) is 8.75. The lowest BCUT2D eigenvalue weighted by Gasteiger charge is -2.39. The van der Waals surface area contributed by atoms with Gasteiger partial charge in [-0.2, -0.15) is 0 Å². The SMILES string of the molecule is CC(C)(C)OC(=O)N[C@H](Cc1ccccc1)[N+]1(COCc2ccccc2)C=CN=C1CO. The summed E-state index contributed by atoms with van der Waals surface area (Å²) in [6.45, 7) is 5.80. The van der Waals surface area contributed by atoms with Crippen molar-refractivity contribution in [3.8, 4) is 0 Å². The molecule has 0 fully saturated rings. The Morgan fingerprint density at radius 3 is 2.28 bits per heavy atom. The summed E-state index contributed by atoms with van der Waals surface area (Å²) in [5, 5.41) is 13.1. The Balaban J connectivity index is 1.86. The molecule has 0 radical (unpaired) electrons. The van der Waals surface area contributed by atoms with Crippen molar-refractivity contribution in [2.24, 2.45) is 4.99 Å². The number of aliphatic hydroxyl groups is 1. The highest BCUT2D eigenvalue weighted by Gasteiger charge is 2.44. The van der Waals surface area contributed by atoms with Crippen LogP contribution in [0.25, 0.3) is 0 Å². The molecule has 1 aliphatic rings. The van der Waals surface area contributed by atoms with E-state index >= 15 is 0 Å². The van der Waals surface area contributed by atoms with Gasteiger partial charge in [0.1, 0.15) is 18.4 Å². The van der Waals surface area contributed by atoms with Crippen LogP contribution in [0.5, 0.6) is 0 Å². The second kappa shape index (κ2) is 10.5. The molecular weight excluding hydrogens is 406 g/mol. The summed E-state index contributed by atoms with van der Waals surface area (Å²) in [5.74, 6) is 0.495. The number of nitrogens with zero attached hydrogens (tertiary/aromatic N) is 2. The molecule has 1 amide bonds. The van der Waals surface area contributed by atoms with E-state index in [1.54, 1.807) is 6.20 Å². The van der Waals surface area contributed by atoms with Crippen molar-refractivity contribution < 1.29 is 23.9 Å². The molecule has 0 spiro atoms. The number of quaternary nitrogens is 1. The topological polar surface area (TPSA) is 80.2 Å². The minimum atomic E-state index is -0.634. The molecule has 3 rings (SSSR count). The normalized spacial score (nSPS) is 18.8. The van der Waals surface area contributed by atoms with E-state index in [-0.39, 0.29) is 17.8 Å². The quantitative estimate of drug-likeness (QED) is 0.581. The molecule has 1 heterocycles. The van der Waals surface area contributed by atoms with Crippen molar-refractivity contribution in [1.29, 1.82) is 0 Å². The van der Waals surface area contributed by atoms with Gasteiger partial charge in [-0.3, -0.25) is 5.32 Å². The zero-order valence-corrected chi connectivity index (χ0v) is 18.9. The Labute approximate surface area is 189 Å². The number of nitrogens with one attached hydrogen (secondary N) is 1. The molecule has 0 saturated carbocycles. The van der Waals surface area contributed by atoms with Crippen LogP contribution in [-0.4, -0.2) is 46.6 Å². The summed E-state index contributed by atoms with van der Waals surface area (Å²) >= 11 is 0. The molecule has 7 nitrogen and oxygen atoms in total. The lowest BCUT2D eigenvalue weighted by molar-refractivity contribution is -0.841. The number of alkyl carbamates (subject to hydrolysis) is 1. The van der Waals surface area contributed by atoms with Gasteiger partial charge in [0.15, 0.2) is 12.9 Å². The minimum absolute atomic E-state index is 0.0530. The van der Waals surface area contributed by atoms with E-state index in [4.69, 9.17) is 9.47 Å². The van der Waals surface area contributed by atoms with Gasteiger partial charge in [0, 0.05) is 6.42 Å². The van der Waals surface area contributed by atoms with E-state index in [0.717, 1.165) is 11.1 Å². The van der Waals surface area contributed by atoms with Crippen molar-refractivity contribution in [3.05, 3.63) is 84.2 Å². The van der Waals surface area contributed by atoms with Crippen molar-refractivity contribution >= 4 is 11.9 Å². The van der Waals surface area contributed by atoms with Gasteiger partial charge < -0.3 is 14.6 Å². The number of aliphatic imine (C=N–C) groups is 1. The van der Waals surface area contributed by atoms with Crippen LogP contribution in [0.4, 0.5) is 4.79 Å². The van der Waals surface area contributed by atoms with Gasteiger partial charge in [-0.05, 0) is 31.9 Å². The van der Waals surface area contributed by atoms with Crippen LogP contribution < -0.4 is 5.32 Å². The first-order valence-corrected chi connectivity index (χ1v) is 10.7. The van der Waals surface area contributed by atoms with Gasteiger partial charge >= 0.3 is 6.09 Å². The average molecular weight is 439 g/mol. The Morgan fingerprint density at radius 1 is 1.06 bits per heavy atom. The molecule has 2 aromatic carbocycles. The molecule has 2 atom stereocenters. The highest BCUT2D eigenvalue weighted by molar-refractivity contribution is 5.80. The van der Waals surface area contributed by atoms with Crippen LogP contribution in [0.2, 0.25) is 0 Å². The first-order valence-electron chi connectivity index (χ1n) is 10.7. The third-order valence-electron chi connectivity index (χ3n) is 5.11. The molecule has 7 heteroatoms. The molecule has 170 valence electrons. The van der Waals surface area contributed by atoms with E-state index < -0.39 is 17.9 Å². The summed E-state index contributed by atoms with van der Waals surface area (Å²) < 4.78 is 11.7. The number of hydrogen-bond acceptors (Lipinski definition) is 5. The molecule has 1 aliphatic heterocycles. The highest BCUT2D eigenvalue weighted by atomic mass is 16.6. The van der Waals surface area contributed by atoms with Crippen LogP contribution in [0.3, 0.4) is 0 Å². The summed E-state index contributed by atoms with van der Waals surface area (Å²) in [5.41, 5.74) is 1.44. The first-order chi connectivity index (χ1) is 15.3. The monoisotopic (exact) mass is 438 g/mol. The largest absolute Gasteiger partial charge is 0.444 e. The predicted molar refractivity (Wildman–Crippen MR) is 123 cm³/mol. The fourth-order valence-electron chi connectivity index (χ4n) is 3.59. The summed E-state index contributed by atoms with van der Waals surface area (Å²) in [6.07, 6.45) is 2.97. The molecule has 1 unspecified atom stereocenters. The Hall–Kier alpha value is -3.00. The van der Waals surface area contributed by atoms with Crippen LogP contribution in [-0.2, 0) is 22.5 Å². The fraction of sp³-hybridized carbons (Fsp3) is 0.360. The van der Waals surface area contributed by atoms with E-state index in [1.807, 2.05) is 87.6 Å². The van der Waals surface area contributed by atoms with Crippen molar-refractivity contribution in [3.63, 3.8) is 0 Å². The standard InChI is InChI=1S/C25H31N3O4/c1-25(2,3)32-24(30)27-22(16-20-10-6-4-7-11-20)28(15-14-26-23(28)17-29)19-31-18-21-12-8-5-9-13-21/h4-15,22,29H,16-19H2,1-3H3/p+1/t22-,28?/m0/s1. The number of carbonyl (C=O) groups excluding carboxylic acids is 1. The number of hydrogen-bond donors (Lipinski definition) is 2. The van der Waals surface area contributed by atoms with Crippen LogP contribution in [0.1, 0.15) is 31.9 Å². The zero-order chi connectivity index (χ0) is 23.0. The fourth-order valence-corrected chi connectivity index (χ4v) is 3.59. The number of rotatable bonds is 9. The van der Waals surface area contributed by atoms with Crippen LogP contribution >= 0.6 is 0 Å². The van der Waals surface area contributed by atoms with Crippen molar-refractivity contribution in [2.45, 2.75) is 45.6 Å². The number of amidine groups is 1. The molecule has 2 N–H and O–H groups in total. The smallest absolute Gasteiger partial charge is 0.412 e. The molecule has 0 aliphatic carbocycles. The van der Waals surface area contributed by atoms with E-state index in [9.17, 15) is 9.90 Å². The first kappa shape index (κ1) is 23.7. The number of ether oxygens (including phenoxy) is 2. The zero-order valence-electron chi connectivity index (χ0n) is 18.9. The lowest BCUT2D eigenvalue weighted by atomic mass is 10.1. The van der Waals surface area contributed by atoms with Crippen molar-refractivity contribution in [1.82, 2.24) is 5.32 Å². The van der Waals surface area contributed by atoms with Gasteiger partial charge in [0.25, 0.3) is 0 Å². The number of aliphatic hydroxyl groups excluding tert-OH is 1. The maximum Gasteiger partial charge on any atom is 0.412 e.